The fourth-order valence-corrected chi connectivity index (χ4v) is 3.01. The summed E-state index contributed by atoms with van der Waals surface area (Å²) in [5.41, 5.74) is 0.539. The number of rotatable bonds is 4. The molecule has 2 aromatic heterocycles. The third-order valence-corrected chi connectivity index (χ3v) is 4.22. The Bertz CT molecular complexity index is 673. The maximum Gasteiger partial charge on any atom is 0.272 e. The number of aromatic nitrogens is 4. The van der Waals surface area contributed by atoms with Crippen LogP contribution >= 0.6 is 0 Å². The smallest absolute Gasteiger partial charge is 0.272 e. The Balaban J connectivity index is 1.73. The summed E-state index contributed by atoms with van der Waals surface area (Å²) in [7, 11) is 0. The van der Waals surface area contributed by atoms with E-state index in [1.807, 2.05) is 19.1 Å². The first-order valence-corrected chi connectivity index (χ1v) is 7.90. The van der Waals surface area contributed by atoms with Crippen molar-refractivity contribution in [3.05, 3.63) is 42.0 Å². The van der Waals surface area contributed by atoms with Gasteiger partial charge >= 0.3 is 0 Å². The normalized spacial score (nSPS) is 21.4. The van der Waals surface area contributed by atoms with E-state index in [1.54, 1.807) is 28.2 Å². The quantitative estimate of drug-likeness (QED) is 0.906. The summed E-state index contributed by atoms with van der Waals surface area (Å²) in [6.45, 7) is 3.29. The molecule has 7 heteroatoms. The molecule has 0 bridgehead atoms. The molecular formula is C16H21N5O2. The van der Waals surface area contributed by atoms with Crippen molar-refractivity contribution in [1.82, 2.24) is 24.9 Å². The fraction of sp³-hybridized carbons (Fsp3) is 0.500. The first-order chi connectivity index (χ1) is 11.1. The van der Waals surface area contributed by atoms with Crippen LogP contribution < -0.4 is 0 Å². The molecule has 2 aromatic rings. The maximum atomic E-state index is 12.7. The van der Waals surface area contributed by atoms with E-state index in [-0.39, 0.29) is 12.5 Å². The third-order valence-electron chi connectivity index (χ3n) is 4.22. The molecule has 1 amide bonds. The summed E-state index contributed by atoms with van der Waals surface area (Å²) in [6, 6.07) is 3.74. The van der Waals surface area contributed by atoms with Gasteiger partial charge in [0.1, 0.15) is 11.3 Å². The molecule has 1 atom stereocenters. The Morgan fingerprint density at radius 3 is 3.04 bits per heavy atom. The summed E-state index contributed by atoms with van der Waals surface area (Å²) in [4.78, 5) is 18.5. The molecule has 1 unspecified atom stereocenters. The topological polar surface area (TPSA) is 84.1 Å². The van der Waals surface area contributed by atoms with E-state index in [2.05, 4.69) is 15.3 Å². The molecular weight excluding hydrogens is 294 g/mol. The van der Waals surface area contributed by atoms with Crippen molar-refractivity contribution in [2.75, 3.05) is 13.1 Å². The number of aliphatic hydroxyl groups is 1. The Morgan fingerprint density at radius 2 is 2.30 bits per heavy atom. The molecule has 1 fully saturated rings. The summed E-state index contributed by atoms with van der Waals surface area (Å²) in [6.07, 6.45) is 7.21. The van der Waals surface area contributed by atoms with Gasteiger partial charge in [0.15, 0.2) is 0 Å². The lowest BCUT2D eigenvalue weighted by molar-refractivity contribution is -0.0388. The van der Waals surface area contributed by atoms with Gasteiger partial charge in [-0.3, -0.25) is 9.78 Å². The minimum absolute atomic E-state index is 0.128. The molecule has 1 aliphatic rings. The number of pyridine rings is 1. The number of hydrogen-bond donors (Lipinski definition) is 1. The van der Waals surface area contributed by atoms with E-state index in [0.29, 0.717) is 25.2 Å². The molecule has 3 rings (SSSR count). The van der Waals surface area contributed by atoms with E-state index in [1.165, 1.54) is 0 Å². The second kappa shape index (κ2) is 6.45. The van der Waals surface area contributed by atoms with Crippen molar-refractivity contribution >= 4 is 5.91 Å². The largest absolute Gasteiger partial charge is 0.386 e. The molecule has 1 aliphatic heterocycles. The highest BCUT2D eigenvalue weighted by Gasteiger charge is 2.36. The number of carbonyl (C=O) groups is 1. The van der Waals surface area contributed by atoms with Crippen molar-refractivity contribution < 1.29 is 9.90 Å². The van der Waals surface area contributed by atoms with Crippen molar-refractivity contribution in [2.45, 2.75) is 38.3 Å². The first kappa shape index (κ1) is 15.6. The van der Waals surface area contributed by atoms with Gasteiger partial charge in [-0.05, 0) is 37.0 Å². The van der Waals surface area contributed by atoms with E-state index in [9.17, 15) is 9.90 Å². The van der Waals surface area contributed by atoms with Crippen LogP contribution in [0.1, 0.15) is 35.8 Å². The minimum Gasteiger partial charge on any atom is -0.386 e. The monoisotopic (exact) mass is 315 g/mol. The lowest BCUT2D eigenvalue weighted by atomic mass is 9.92. The molecule has 0 radical (unpaired) electrons. The number of hydrogen-bond acceptors (Lipinski definition) is 5. The molecule has 23 heavy (non-hydrogen) atoms. The zero-order valence-corrected chi connectivity index (χ0v) is 13.2. The van der Waals surface area contributed by atoms with Crippen molar-refractivity contribution in [1.29, 1.82) is 0 Å². The number of amides is 1. The average Bonchev–Trinajstić information content (AvgIpc) is 3.06. The van der Waals surface area contributed by atoms with Crippen LogP contribution in [-0.4, -0.2) is 54.6 Å². The number of nitrogens with zero attached hydrogens (tertiary/aromatic N) is 5. The van der Waals surface area contributed by atoms with Gasteiger partial charge in [-0.1, -0.05) is 12.1 Å². The molecule has 0 aliphatic carbocycles. The van der Waals surface area contributed by atoms with Crippen LogP contribution in [0.15, 0.2) is 30.7 Å². The highest BCUT2D eigenvalue weighted by molar-refractivity contribution is 5.92. The van der Waals surface area contributed by atoms with Gasteiger partial charge in [-0.2, -0.15) is 0 Å². The summed E-state index contributed by atoms with van der Waals surface area (Å²) < 4.78 is 1.60. The van der Waals surface area contributed by atoms with Crippen molar-refractivity contribution in [3.63, 3.8) is 0 Å². The zero-order valence-electron chi connectivity index (χ0n) is 13.2. The predicted molar refractivity (Wildman–Crippen MR) is 83.7 cm³/mol. The molecule has 0 aromatic carbocycles. The molecule has 3 heterocycles. The van der Waals surface area contributed by atoms with Crippen molar-refractivity contribution in [2.24, 2.45) is 0 Å². The van der Waals surface area contributed by atoms with Gasteiger partial charge in [-0.25, -0.2) is 4.68 Å². The van der Waals surface area contributed by atoms with E-state index in [4.69, 9.17) is 0 Å². The van der Waals surface area contributed by atoms with Gasteiger partial charge in [0.05, 0.1) is 19.3 Å². The number of carbonyl (C=O) groups excluding carboxylic acids is 1. The molecule has 1 saturated heterocycles. The molecule has 122 valence electrons. The standard InChI is InChI=1S/C16H21N5O2/c1-2-13-4-6-17-14(10-13)15(22)20-8-3-5-16(23,11-20)12-21-9-7-18-19-21/h4,6-7,9-10,23H,2-3,5,8,11-12H2,1H3. The Hall–Kier alpha value is -2.28. The molecule has 1 N–H and O–H groups in total. The Kier molecular flexibility index (Phi) is 4.38. The minimum atomic E-state index is -0.982. The van der Waals surface area contributed by atoms with Crippen LogP contribution in [0.5, 0.6) is 0 Å². The van der Waals surface area contributed by atoms with Gasteiger partial charge in [0.25, 0.3) is 5.91 Å². The number of likely N-dealkylation sites (tertiary alicyclic amines) is 1. The van der Waals surface area contributed by atoms with Crippen LogP contribution in [0.2, 0.25) is 0 Å². The van der Waals surface area contributed by atoms with Crippen LogP contribution in [0, 0.1) is 0 Å². The highest BCUT2D eigenvalue weighted by atomic mass is 16.3. The predicted octanol–water partition coefficient (Wildman–Crippen LogP) is 0.903. The van der Waals surface area contributed by atoms with E-state index in [0.717, 1.165) is 18.4 Å². The first-order valence-electron chi connectivity index (χ1n) is 7.90. The van der Waals surface area contributed by atoms with Gasteiger partial charge in [-0.15, -0.1) is 5.10 Å². The SMILES string of the molecule is CCc1ccnc(C(=O)N2CCCC(O)(Cn3ccnn3)C2)c1. The van der Waals surface area contributed by atoms with E-state index >= 15 is 0 Å². The second-order valence-corrected chi connectivity index (χ2v) is 6.06. The average molecular weight is 315 g/mol. The lowest BCUT2D eigenvalue weighted by Crippen LogP contribution is -2.52. The van der Waals surface area contributed by atoms with Crippen LogP contribution in [0.3, 0.4) is 0 Å². The number of piperidine rings is 1. The molecule has 7 nitrogen and oxygen atoms in total. The number of β-amino-alcohol motifs (C(OH)–C–C–N with tert-alkyl or cyclic N) is 1. The van der Waals surface area contributed by atoms with Gasteiger partial charge in [0.2, 0.25) is 0 Å². The maximum absolute atomic E-state index is 12.7. The summed E-state index contributed by atoms with van der Waals surface area (Å²) in [5, 5.41) is 18.5. The van der Waals surface area contributed by atoms with Gasteiger partial charge in [0, 0.05) is 18.9 Å². The van der Waals surface area contributed by atoms with Crippen LogP contribution in [0.25, 0.3) is 0 Å². The Morgan fingerprint density at radius 1 is 1.43 bits per heavy atom. The lowest BCUT2D eigenvalue weighted by Gasteiger charge is -2.38. The Labute approximate surface area is 134 Å². The molecule has 0 saturated carbocycles. The second-order valence-electron chi connectivity index (χ2n) is 6.06. The van der Waals surface area contributed by atoms with Gasteiger partial charge < -0.3 is 10.0 Å². The summed E-state index contributed by atoms with van der Waals surface area (Å²) >= 11 is 0. The third kappa shape index (κ3) is 3.56. The fourth-order valence-electron chi connectivity index (χ4n) is 3.01. The highest BCUT2D eigenvalue weighted by Crippen LogP contribution is 2.24. The molecule has 0 spiro atoms. The van der Waals surface area contributed by atoms with E-state index < -0.39 is 5.60 Å². The van der Waals surface area contributed by atoms with Crippen LogP contribution in [0.4, 0.5) is 0 Å². The zero-order chi connectivity index (χ0) is 16.3. The van der Waals surface area contributed by atoms with Crippen LogP contribution in [-0.2, 0) is 13.0 Å². The summed E-state index contributed by atoms with van der Waals surface area (Å²) in [5.74, 6) is -0.128. The van der Waals surface area contributed by atoms with Crippen molar-refractivity contribution in [3.8, 4) is 0 Å². The number of aryl methyl sites for hydroxylation is 1.